The van der Waals surface area contributed by atoms with Gasteiger partial charge in [-0.3, -0.25) is 0 Å². The Balaban J connectivity index is 1.44. The number of hydrogen-bond acceptors (Lipinski definition) is 5. The summed E-state index contributed by atoms with van der Waals surface area (Å²) in [5.41, 5.74) is 4.37. The van der Waals surface area contributed by atoms with Crippen LogP contribution in [-0.4, -0.2) is 37.5 Å². The molecule has 10 heteroatoms. The van der Waals surface area contributed by atoms with Crippen molar-refractivity contribution in [2.24, 2.45) is 0 Å². The Bertz CT molecular complexity index is 1470. The van der Waals surface area contributed by atoms with Gasteiger partial charge in [0.25, 0.3) is 0 Å². The van der Waals surface area contributed by atoms with Crippen molar-refractivity contribution in [3.63, 3.8) is 0 Å². The number of hydrogen-bond donors (Lipinski definition) is 3. The summed E-state index contributed by atoms with van der Waals surface area (Å²) in [7, 11) is 0. The summed E-state index contributed by atoms with van der Waals surface area (Å²) < 4.78 is 27.0. The molecule has 5 aromatic rings. The Hall–Kier alpha value is -4.73. The minimum atomic E-state index is -0.389. The van der Waals surface area contributed by atoms with Crippen molar-refractivity contribution in [2.75, 3.05) is 11.9 Å². The van der Waals surface area contributed by atoms with E-state index in [0.717, 1.165) is 5.69 Å². The average Bonchev–Trinajstić information content (AvgIpc) is 3.38. The minimum absolute atomic E-state index is 0.348. The van der Waals surface area contributed by atoms with Crippen molar-refractivity contribution >= 4 is 22.9 Å². The van der Waals surface area contributed by atoms with Crippen LogP contribution in [0.4, 0.5) is 19.3 Å². The number of aromatic amines is 1. The molecule has 0 saturated carbocycles. The number of amides is 2. The van der Waals surface area contributed by atoms with E-state index in [1.807, 2.05) is 0 Å². The number of imidazole rings is 1. The van der Waals surface area contributed by atoms with E-state index in [1.54, 1.807) is 42.9 Å². The van der Waals surface area contributed by atoms with Crippen LogP contribution < -0.4 is 10.6 Å². The zero-order valence-electron chi connectivity index (χ0n) is 18.3. The number of nitrogens with one attached hydrogen (secondary N) is 3. The number of urea groups is 1. The topological polar surface area (TPSA) is 108 Å². The molecular weight excluding hydrogens is 452 g/mol. The molecule has 3 heterocycles. The number of rotatable bonds is 6. The lowest BCUT2D eigenvalue weighted by Gasteiger charge is -2.12. The summed E-state index contributed by atoms with van der Waals surface area (Å²) >= 11 is 0. The van der Waals surface area contributed by atoms with Crippen LogP contribution in [0.25, 0.3) is 33.7 Å². The number of benzene rings is 2. The Morgan fingerprint density at radius 3 is 2.17 bits per heavy atom. The third-order valence-corrected chi connectivity index (χ3v) is 5.25. The van der Waals surface area contributed by atoms with E-state index in [9.17, 15) is 13.6 Å². The van der Waals surface area contributed by atoms with E-state index in [0.29, 0.717) is 52.3 Å². The number of pyridine rings is 1. The highest BCUT2D eigenvalue weighted by molar-refractivity contribution is 5.92. The maximum absolute atomic E-state index is 13.5. The van der Waals surface area contributed by atoms with Gasteiger partial charge in [-0.05, 0) is 54.6 Å². The molecule has 5 rings (SSSR count). The number of carbonyl (C=O) groups is 1. The van der Waals surface area contributed by atoms with E-state index in [2.05, 4.69) is 30.6 Å². The van der Waals surface area contributed by atoms with Crippen molar-refractivity contribution in [2.45, 2.75) is 6.42 Å². The first-order valence-electron chi connectivity index (χ1n) is 10.8. The van der Waals surface area contributed by atoms with Gasteiger partial charge in [0.15, 0.2) is 5.65 Å². The molecule has 0 aliphatic carbocycles. The van der Waals surface area contributed by atoms with Crippen molar-refractivity contribution in [1.29, 1.82) is 0 Å². The monoisotopic (exact) mass is 471 g/mol. The number of halogens is 2. The molecule has 174 valence electrons. The second-order valence-electron chi connectivity index (χ2n) is 7.71. The number of anilines is 1. The number of nitrogens with zero attached hydrogens (tertiary/aromatic N) is 4. The molecule has 0 saturated heterocycles. The van der Waals surface area contributed by atoms with Gasteiger partial charge >= 0.3 is 6.03 Å². The first-order chi connectivity index (χ1) is 17.0. The second kappa shape index (κ2) is 9.64. The van der Waals surface area contributed by atoms with Crippen LogP contribution in [0.1, 0.15) is 5.69 Å². The quantitative estimate of drug-likeness (QED) is 0.332. The van der Waals surface area contributed by atoms with Gasteiger partial charge in [0, 0.05) is 36.0 Å². The Morgan fingerprint density at radius 2 is 1.54 bits per heavy atom. The van der Waals surface area contributed by atoms with Crippen LogP contribution in [0.5, 0.6) is 0 Å². The molecule has 2 aromatic carbocycles. The highest BCUT2D eigenvalue weighted by Gasteiger charge is 2.15. The molecule has 0 bridgehead atoms. The predicted octanol–water partition coefficient (Wildman–Crippen LogP) is 4.72. The number of fused-ring (bicyclic) bond motifs is 1. The summed E-state index contributed by atoms with van der Waals surface area (Å²) in [6.07, 6.45) is 5.38. The van der Waals surface area contributed by atoms with Crippen LogP contribution in [0.15, 0.2) is 73.3 Å². The Labute approximate surface area is 198 Å². The molecule has 35 heavy (non-hydrogen) atoms. The van der Waals surface area contributed by atoms with Crippen LogP contribution in [0, 0.1) is 11.6 Å². The van der Waals surface area contributed by atoms with Gasteiger partial charge in [-0.2, -0.15) is 0 Å². The molecule has 2 amide bonds. The van der Waals surface area contributed by atoms with Crippen molar-refractivity contribution in [3.8, 4) is 22.5 Å². The van der Waals surface area contributed by atoms with E-state index in [-0.39, 0.29) is 17.7 Å². The standard InChI is InChI=1S/C25H19F2N7O/c26-17-5-1-15(2-6-17)22-23(16-3-7-18(27)8-4-16)34-24-21(33-22)11-20(13-30-24)32-25(35)29-10-9-19-12-28-14-31-19/h1-8,11-14H,9-10H2,(H,28,31)(H2,29,32,35). The summed E-state index contributed by atoms with van der Waals surface area (Å²) in [5.74, 6) is -0.750. The lowest BCUT2D eigenvalue weighted by Crippen LogP contribution is -2.30. The third-order valence-electron chi connectivity index (χ3n) is 5.25. The van der Waals surface area contributed by atoms with E-state index >= 15 is 0 Å². The second-order valence-corrected chi connectivity index (χ2v) is 7.71. The third kappa shape index (κ3) is 5.11. The lowest BCUT2D eigenvalue weighted by atomic mass is 10.0. The zero-order valence-corrected chi connectivity index (χ0v) is 18.3. The van der Waals surface area contributed by atoms with Gasteiger partial charge in [0.05, 0.1) is 29.6 Å². The number of carbonyl (C=O) groups excluding carboxylic acids is 1. The first-order valence-corrected chi connectivity index (χ1v) is 10.8. The first kappa shape index (κ1) is 22.1. The van der Waals surface area contributed by atoms with Crippen molar-refractivity contribution in [1.82, 2.24) is 30.2 Å². The summed E-state index contributed by atoms with van der Waals surface area (Å²) in [5, 5.41) is 5.50. The molecule has 0 unspecified atom stereocenters. The van der Waals surface area contributed by atoms with Crippen LogP contribution in [-0.2, 0) is 6.42 Å². The van der Waals surface area contributed by atoms with Crippen LogP contribution in [0.2, 0.25) is 0 Å². The highest BCUT2D eigenvalue weighted by Crippen LogP contribution is 2.31. The largest absolute Gasteiger partial charge is 0.348 e. The maximum Gasteiger partial charge on any atom is 0.319 e. The average molecular weight is 471 g/mol. The smallest absolute Gasteiger partial charge is 0.319 e. The van der Waals surface area contributed by atoms with Gasteiger partial charge in [0.2, 0.25) is 0 Å². The number of H-pyrrole nitrogens is 1. The molecule has 0 spiro atoms. The molecular formula is C25H19F2N7O. The molecule has 0 fully saturated rings. The zero-order chi connectivity index (χ0) is 24.2. The maximum atomic E-state index is 13.5. The fourth-order valence-corrected chi connectivity index (χ4v) is 3.54. The van der Waals surface area contributed by atoms with E-state index in [1.165, 1.54) is 30.5 Å². The molecule has 0 radical (unpaired) electrons. The highest BCUT2D eigenvalue weighted by atomic mass is 19.1. The van der Waals surface area contributed by atoms with Crippen molar-refractivity contribution < 1.29 is 13.6 Å². The molecule has 0 aliphatic heterocycles. The molecule has 3 aromatic heterocycles. The van der Waals surface area contributed by atoms with E-state index < -0.39 is 0 Å². The van der Waals surface area contributed by atoms with Gasteiger partial charge < -0.3 is 15.6 Å². The predicted molar refractivity (Wildman–Crippen MR) is 127 cm³/mol. The Morgan fingerprint density at radius 1 is 0.886 bits per heavy atom. The minimum Gasteiger partial charge on any atom is -0.348 e. The van der Waals surface area contributed by atoms with Gasteiger partial charge in [-0.25, -0.2) is 33.5 Å². The van der Waals surface area contributed by atoms with Crippen molar-refractivity contribution in [3.05, 3.63) is 90.6 Å². The van der Waals surface area contributed by atoms with Crippen LogP contribution >= 0.6 is 0 Å². The summed E-state index contributed by atoms with van der Waals surface area (Å²) in [4.78, 5) is 32.9. The SMILES string of the molecule is O=C(NCCc1cnc[nH]1)Nc1cnc2nc(-c3ccc(F)cc3)c(-c3ccc(F)cc3)nc2c1. The number of aromatic nitrogens is 5. The lowest BCUT2D eigenvalue weighted by molar-refractivity contribution is 0.252. The molecule has 0 aliphatic rings. The van der Waals surface area contributed by atoms with Gasteiger partial charge in [-0.1, -0.05) is 0 Å². The van der Waals surface area contributed by atoms with Gasteiger partial charge in [-0.15, -0.1) is 0 Å². The fourth-order valence-electron chi connectivity index (χ4n) is 3.54. The normalized spacial score (nSPS) is 10.9. The summed E-state index contributed by atoms with van der Waals surface area (Å²) in [6.45, 7) is 0.421. The van der Waals surface area contributed by atoms with Crippen LogP contribution in [0.3, 0.4) is 0 Å². The fraction of sp³-hybridized carbons (Fsp3) is 0.0800. The molecule has 3 N–H and O–H groups in total. The molecule has 8 nitrogen and oxygen atoms in total. The Kier molecular flexibility index (Phi) is 6.08. The van der Waals surface area contributed by atoms with Gasteiger partial charge in [0.1, 0.15) is 17.2 Å². The summed E-state index contributed by atoms with van der Waals surface area (Å²) in [6, 6.07) is 13.0. The molecule has 0 atom stereocenters. The van der Waals surface area contributed by atoms with E-state index in [4.69, 9.17) is 4.98 Å².